The Balaban J connectivity index is 1.48. The monoisotopic (exact) mass is 457 g/mol. The molecule has 1 atom stereocenters. The topological polar surface area (TPSA) is 97.8 Å². The van der Waals surface area contributed by atoms with E-state index in [1.807, 2.05) is 0 Å². The average Bonchev–Trinajstić information content (AvgIpc) is 3.30. The van der Waals surface area contributed by atoms with Crippen LogP contribution in [0.1, 0.15) is 25.5 Å². The summed E-state index contributed by atoms with van der Waals surface area (Å²) in [6.45, 7) is 1.96. The van der Waals surface area contributed by atoms with Crippen molar-refractivity contribution in [3.63, 3.8) is 0 Å². The molecule has 1 aliphatic rings. The fourth-order valence-corrected chi connectivity index (χ4v) is 3.64. The zero-order valence-electron chi connectivity index (χ0n) is 16.3. The fraction of sp³-hybridized carbons (Fsp3) is 0.368. The first-order valence-electron chi connectivity index (χ1n) is 9.21. The van der Waals surface area contributed by atoms with E-state index in [1.165, 1.54) is 30.4 Å². The van der Waals surface area contributed by atoms with Crippen molar-refractivity contribution in [2.75, 3.05) is 16.8 Å². The van der Waals surface area contributed by atoms with E-state index in [2.05, 4.69) is 15.0 Å². The lowest BCUT2D eigenvalue weighted by Gasteiger charge is -2.14. The van der Waals surface area contributed by atoms with Crippen LogP contribution in [0.15, 0.2) is 29.6 Å². The second-order valence-electron chi connectivity index (χ2n) is 6.64. The first-order valence-corrected chi connectivity index (χ1v) is 10.1. The van der Waals surface area contributed by atoms with Crippen LogP contribution in [0.25, 0.3) is 0 Å². The van der Waals surface area contributed by atoms with Gasteiger partial charge in [-0.25, -0.2) is 4.98 Å². The molecule has 8 nitrogen and oxygen atoms in total. The number of hydrogen-bond acceptors (Lipinski definition) is 7. The number of ether oxygens (including phenoxy) is 2. The second kappa shape index (κ2) is 9.33. The van der Waals surface area contributed by atoms with Crippen molar-refractivity contribution >= 4 is 39.9 Å². The smallest absolute Gasteiger partial charge is 0.452 e. The molecule has 0 radical (unpaired) electrons. The summed E-state index contributed by atoms with van der Waals surface area (Å²) in [7, 11) is 0. The number of hydrogen-bond donors (Lipinski definition) is 1. The predicted octanol–water partition coefficient (Wildman–Crippen LogP) is 3.28. The minimum absolute atomic E-state index is 0.00762. The van der Waals surface area contributed by atoms with E-state index >= 15 is 0 Å². The van der Waals surface area contributed by atoms with Gasteiger partial charge in [-0.15, -0.1) is 24.5 Å². The van der Waals surface area contributed by atoms with Gasteiger partial charge in [0, 0.05) is 24.0 Å². The normalized spacial score (nSPS) is 15.0. The van der Waals surface area contributed by atoms with Gasteiger partial charge in [-0.05, 0) is 37.6 Å². The van der Waals surface area contributed by atoms with Crippen molar-refractivity contribution in [3.8, 4) is 5.75 Å². The van der Waals surface area contributed by atoms with Crippen LogP contribution in [0.5, 0.6) is 5.75 Å². The molecule has 1 aromatic heterocycles. The van der Waals surface area contributed by atoms with Crippen LogP contribution in [0.3, 0.4) is 0 Å². The van der Waals surface area contributed by atoms with Crippen LogP contribution in [-0.2, 0) is 25.5 Å². The highest BCUT2D eigenvalue weighted by molar-refractivity contribution is 7.14. The number of amides is 2. The molecule has 1 saturated heterocycles. The van der Waals surface area contributed by atoms with Gasteiger partial charge in [-0.3, -0.25) is 19.3 Å². The van der Waals surface area contributed by atoms with Gasteiger partial charge in [0.2, 0.25) is 5.91 Å². The summed E-state index contributed by atoms with van der Waals surface area (Å²) in [6.07, 6.45) is -4.88. The van der Waals surface area contributed by atoms with E-state index in [0.717, 1.165) is 18.6 Å². The number of carbonyl (C=O) groups excluding carboxylic acids is 3. The minimum Gasteiger partial charge on any atom is -0.452 e. The van der Waals surface area contributed by atoms with E-state index in [9.17, 15) is 27.6 Å². The van der Waals surface area contributed by atoms with Gasteiger partial charge in [0.25, 0.3) is 5.91 Å². The average molecular weight is 457 g/mol. The predicted molar refractivity (Wildman–Crippen MR) is 105 cm³/mol. The zero-order valence-corrected chi connectivity index (χ0v) is 17.1. The zero-order chi connectivity index (χ0) is 22.6. The molecule has 12 heteroatoms. The number of alkyl halides is 3. The van der Waals surface area contributed by atoms with Crippen LogP contribution in [0.2, 0.25) is 0 Å². The molecule has 31 heavy (non-hydrogen) atoms. The van der Waals surface area contributed by atoms with Crippen molar-refractivity contribution in [1.29, 1.82) is 0 Å². The third-order valence-corrected chi connectivity index (χ3v) is 5.11. The molecule has 166 valence electrons. The Hall–Kier alpha value is -3.15. The minimum atomic E-state index is -4.81. The molecule has 2 heterocycles. The summed E-state index contributed by atoms with van der Waals surface area (Å²) in [5.41, 5.74) is 0.638. The number of rotatable bonds is 7. The van der Waals surface area contributed by atoms with Gasteiger partial charge >= 0.3 is 12.3 Å². The van der Waals surface area contributed by atoms with Crippen molar-refractivity contribution < 1.29 is 37.0 Å². The molecular formula is C19H18F3N3O5S. The van der Waals surface area contributed by atoms with E-state index in [-0.39, 0.29) is 18.0 Å². The number of esters is 1. The molecular weight excluding hydrogens is 439 g/mol. The number of anilines is 2. The molecule has 0 saturated carbocycles. The van der Waals surface area contributed by atoms with Crippen molar-refractivity contribution in [2.24, 2.45) is 0 Å². The number of carbonyl (C=O) groups is 3. The van der Waals surface area contributed by atoms with Crippen molar-refractivity contribution in [1.82, 2.24) is 4.98 Å². The van der Waals surface area contributed by atoms with Gasteiger partial charge in [0.15, 0.2) is 11.2 Å². The Bertz CT molecular complexity index is 961. The maximum absolute atomic E-state index is 12.2. The number of thiazole rings is 1. The van der Waals surface area contributed by atoms with Crippen molar-refractivity contribution in [3.05, 3.63) is 35.3 Å². The van der Waals surface area contributed by atoms with E-state index in [0.29, 0.717) is 23.8 Å². The molecule has 0 bridgehead atoms. The lowest BCUT2D eigenvalue weighted by Crippen LogP contribution is -2.30. The molecule has 1 aliphatic heterocycles. The summed E-state index contributed by atoms with van der Waals surface area (Å²) in [4.78, 5) is 41.9. The summed E-state index contributed by atoms with van der Waals surface area (Å²) in [6, 6.07) is 4.55. The first kappa shape index (κ1) is 22.5. The maximum atomic E-state index is 12.2. The molecule has 1 aromatic carbocycles. The van der Waals surface area contributed by atoms with Gasteiger partial charge in [0.1, 0.15) is 5.75 Å². The van der Waals surface area contributed by atoms with Gasteiger partial charge < -0.3 is 14.8 Å². The van der Waals surface area contributed by atoms with Crippen LogP contribution in [0.4, 0.5) is 24.0 Å². The SMILES string of the molecule is CC(OC(=O)Cc1csc(N2CCCC2=O)n1)C(=O)Nc1ccc(OC(F)(F)F)cc1. The molecule has 1 fully saturated rings. The highest BCUT2D eigenvalue weighted by atomic mass is 32.1. The van der Waals surface area contributed by atoms with Crippen LogP contribution in [0, 0.1) is 0 Å². The number of nitrogens with zero attached hydrogens (tertiary/aromatic N) is 2. The van der Waals surface area contributed by atoms with Crippen LogP contribution < -0.4 is 15.0 Å². The number of aromatic nitrogens is 1. The quantitative estimate of drug-likeness (QED) is 0.641. The summed E-state index contributed by atoms with van der Waals surface area (Å²) in [5.74, 6) is -1.77. The molecule has 1 unspecified atom stereocenters. The Labute approximate surface area is 179 Å². The number of halogens is 3. The fourth-order valence-electron chi connectivity index (χ4n) is 2.78. The third kappa shape index (κ3) is 6.41. The summed E-state index contributed by atoms with van der Waals surface area (Å²) >= 11 is 1.25. The highest BCUT2D eigenvalue weighted by Crippen LogP contribution is 2.26. The molecule has 1 N–H and O–H groups in total. The molecule has 2 aromatic rings. The second-order valence-corrected chi connectivity index (χ2v) is 7.48. The first-order chi connectivity index (χ1) is 14.6. The van der Waals surface area contributed by atoms with E-state index < -0.39 is 30.1 Å². The Morgan fingerprint density at radius 3 is 2.61 bits per heavy atom. The molecule has 0 aliphatic carbocycles. The standard InChI is InChI=1S/C19H18F3N3O5S/c1-11(17(28)23-12-4-6-14(7-5-12)30-19(20,21)22)29-16(27)9-13-10-31-18(24-13)25-8-2-3-15(25)26/h4-7,10-11H,2-3,8-9H2,1H3,(H,23,28). The summed E-state index contributed by atoms with van der Waals surface area (Å²) in [5, 5.41) is 4.61. The van der Waals surface area contributed by atoms with Crippen LogP contribution in [-0.4, -0.2) is 41.8 Å². The van der Waals surface area contributed by atoms with E-state index in [1.54, 1.807) is 10.3 Å². The summed E-state index contributed by atoms with van der Waals surface area (Å²) < 4.78 is 45.4. The van der Waals surface area contributed by atoms with Gasteiger partial charge in [0.05, 0.1) is 12.1 Å². The number of benzene rings is 1. The highest BCUT2D eigenvalue weighted by Gasteiger charge is 2.31. The number of nitrogens with one attached hydrogen (secondary N) is 1. The molecule has 3 rings (SSSR count). The third-order valence-electron chi connectivity index (χ3n) is 4.20. The van der Waals surface area contributed by atoms with Crippen LogP contribution >= 0.6 is 11.3 Å². The van der Waals surface area contributed by atoms with E-state index in [4.69, 9.17) is 4.74 Å². The van der Waals surface area contributed by atoms with Gasteiger partial charge in [-0.1, -0.05) is 0 Å². The largest absolute Gasteiger partial charge is 0.573 e. The Kier molecular flexibility index (Phi) is 6.78. The lowest BCUT2D eigenvalue weighted by atomic mass is 10.2. The van der Waals surface area contributed by atoms with Crippen molar-refractivity contribution in [2.45, 2.75) is 38.7 Å². The Morgan fingerprint density at radius 2 is 2.00 bits per heavy atom. The maximum Gasteiger partial charge on any atom is 0.573 e. The lowest BCUT2D eigenvalue weighted by molar-refractivity contribution is -0.274. The van der Waals surface area contributed by atoms with Gasteiger partial charge in [-0.2, -0.15) is 0 Å². The molecule has 2 amide bonds. The Morgan fingerprint density at radius 1 is 1.29 bits per heavy atom. The molecule has 0 spiro atoms.